The third-order valence-electron chi connectivity index (χ3n) is 3.13. The van der Waals surface area contributed by atoms with Crippen LogP contribution in [0.2, 0.25) is 0 Å². The number of nitrogens with zero attached hydrogens (tertiary/aromatic N) is 2. The number of nitrogens with one attached hydrogen (secondary N) is 2. The normalized spacial score (nSPS) is 15.0. The molecule has 2 N–H and O–H groups in total. The van der Waals surface area contributed by atoms with Crippen LogP contribution in [0.1, 0.15) is 26.7 Å². The van der Waals surface area contributed by atoms with E-state index in [2.05, 4.69) is 20.5 Å². The van der Waals surface area contributed by atoms with Gasteiger partial charge >= 0.3 is 0 Å². The van der Waals surface area contributed by atoms with Gasteiger partial charge in [-0.05, 0) is 25.0 Å². The van der Waals surface area contributed by atoms with E-state index < -0.39 is 0 Å². The van der Waals surface area contributed by atoms with Crippen molar-refractivity contribution in [1.82, 2.24) is 10.3 Å². The second-order valence-electron chi connectivity index (χ2n) is 5.18. The fourth-order valence-corrected chi connectivity index (χ4v) is 2.10. The number of hydrogen-bond acceptors (Lipinski definition) is 4. The maximum atomic E-state index is 11.6. The summed E-state index contributed by atoms with van der Waals surface area (Å²) in [5.41, 5.74) is 0.749. The molecule has 0 unspecified atom stereocenters. The molecule has 1 aromatic heterocycles. The summed E-state index contributed by atoms with van der Waals surface area (Å²) >= 11 is 0. The molecule has 1 amide bonds. The highest BCUT2D eigenvalue weighted by Crippen LogP contribution is 2.18. The summed E-state index contributed by atoms with van der Waals surface area (Å²) in [5, 5.41) is 5.91. The summed E-state index contributed by atoms with van der Waals surface area (Å²) in [6, 6.07) is 4.19. The molecule has 5 heteroatoms. The fourth-order valence-electron chi connectivity index (χ4n) is 2.10. The smallest absolute Gasteiger partial charge is 0.238 e. The van der Waals surface area contributed by atoms with Crippen molar-refractivity contribution in [3.8, 4) is 0 Å². The van der Waals surface area contributed by atoms with Crippen LogP contribution in [-0.4, -0.2) is 36.6 Å². The molecule has 0 atom stereocenters. The number of carbonyl (C=O) groups excluding carboxylic acids is 1. The molecule has 0 aliphatic carbocycles. The molecule has 0 saturated carbocycles. The maximum absolute atomic E-state index is 11.6. The van der Waals surface area contributed by atoms with Crippen molar-refractivity contribution in [2.45, 2.75) is 32.7 Å². The molecule has 5 nitrogen and oxygen atoms in total. The summed E-state index contributed by atoms with van der Waals surface area (Å²) in [4.78, 5) is 18.3. The van der Waals surface area contributed by atoms with Crippen molar-refractivity contribution in [1.29, 1.82) is 0 Å². The molecule has 0 spiro atoms. The van der Waals surface area contributed by atoms with Gasteiger partial charge in [0.2, 0.25) is 5.91 Å². The lowest BCUT2D eigenvalue weighted by atomic mass is 10.3. The zero-order valence-corrected chi connectivity index (χ0v) is 11.6. The highest BCUT2D eigenvalue weighted by molar-refractivity contribution is 5.92. The Hall–Kier alpha value is -1.62. The van der Waals surface area contributed by atoms with Crippen molar-refractivity contribution in [3.63, 3.8) is 0 Å². The summed E-state index contributed by atoms with van der Waals surface area (Å²) in [6.45, 7) is 6.51. The lowest BCUT2D eigenvalue weighted by Gasteiger charge is -2.16. The topological polar surface area (TPSA) is 57.3 Å². The van der Waals surface area contributed by atoms with Crippen LogP contribution in [-0.2, 0) is 4.79 Å². The quantitative estimate of drug-likeness (QED) is 0.846. The van der Waals surface area contributed by atoms with Gasteiger partial charge in [0.05, 0.1) is 18.4 Å². The summed E-state index contributed by atoms with van der Waals surface area (Å²) < 4.78 is 0. The van der Waals surface area contributed by atoms with Crippen LogP contribution in [0.5, 0.6) is 0 Å². The van der Waals surface area contributed by atoms with Gasteiger partial charge in [-0.3, -0.25) is 4.79 Å². The molecule has 1 aromatic rings. The van der Waals surface area contributed by atoms with E-state index in [4.69, 9.17) is 0 Å². The first-order valence-electron chi connectivity index (χ1n) is 6.89. The van der Waals surface area contributed by atoms with E-state index in [9.17, 15) is 4.79 Å². The minimum Gasteiger partial charge on any atom is -0.357 e. The van der Waals surface area contributed by atoms with Crippen LogP contribution in [0.4, 0.5) is 11.5 Å². The van der Waals surface area contributed by atoms with E-state index in [1.54, 1.807) is 6.20 Å². The molecular weight excluding hydrogens is 240 g/mol. The highest BCUT2D eigenvalue weighted by Gasteiger charge is 2.13. The van der Waals surface area contributed by atoms with Crippen molar-refractivity contribution in [2.24, 2.45) is 0 Å². The molecule has 19 heavy (non-hydrogen) atoms. The van der Waals surface area contributed by atoms with Crippen LogP contribution in [0, 0.1) is 0 Å². The second-order valence-corrected chi connectivity index (χ2v) is 5.18. The molecule has 0 radical (unpaired) electrons. The van der Waals surface area contributed by atoms with Crippen LogP contribution in [0.25, 0.3) is 0 Å². The van der Waals surface area contributed by atoms with Gasteiger partial charge in [0, 0.05) is 19.1 Å². The Morgan fingerprint density at radius 3 is 2.68 bits per heavy atom. The Bertz CT molecular complexity index is 410. The van der Waals surface area contributed by atoms with Crippen molar-refractivity contribution in [2.75, 3.05) is 29.9 Å². The standard InChI is InChI=1S/C14H22N4O/c1-11(2)15-10-14(19)17-12-5-6-13(16-9-12)18-7-3-4-8-18/h5-6,9,11,15H,3-4,7-8,10H2,1-2H3,(H,17,19). The van der Waals surface area contributed by atoms with Gasteiger partial charge in [-0.25, -0.2) is 4.98 Å². The monoisotopic (exact) mass is 262 g/mol. The van der Waals surface area contributed by atoms with E-state index in [-0.39, 0.29) is 5.91 Å². The molecule has 0 bridgehead atoms. The SMILES string of the molecule is CC(C)NCC(=O)Nc1ccc(N2CCCC2)nc1. The van der Waals surface area contributed by atoms with E-state index in [0.717, 1.165) is 24.6 Å². The third-order valence-corrected chi connectivity index (χ3v) is 3.13. The first-order valence-corrected chi connectivity index (χ1v) is 6.89. The van der Waals surface area contributed by atoms with Crippen molar-refractivity contribution in [3.05, 3.63) is 18.3 Å². The van der Waals surface area contributed by atoms with Crippen molar-refractivity contribution >= 4 is 17.4 Å². The number of pyridine rings is 1. The molecule has 1 saturated heterocycles. The zero-order chi connectivity index (χ0) is 13.7. The van der Waals surface area contributed by atoms with Gasteiger partial charge in [-0.15, -0.1) is 0 Å². The maximum Gasteiger partial charge on any atom is 0.238 e. The highest BCUT2D eigenvalue weighted by atomic mass is 16.1. The van der Waals surface area contributed by atoms with E-state index >= 15 is 0 Å². The molecule has 2 rings (SSSR count). The predicted molar refractivity (Wildman–Crippen MR) is 77.5 cm³/mol. The Morgan fingerprint density at radius 1 is 1.37 bits per heavy atom. The second kappa shape index (κ2) is 6.52. The molecule has 104 valence electrons. The number of amides is 1. The first kappa shape index (κ1) is 13.8. The summed E-state index contributed by atoms with van der Waals surface area (Å²) in [6.07, 6.45) is 4.20. The van der Waals surface area contributed by atoms with Crippen LogP contribution in [0.15, 0.2) is 18.3 Å². The number of aromatic nitrogens is 1. The average Bonchev–Trinajstić information content (AvgIpc) is 2.91. The van der Waals surface area contributed by atoms with Gasteiger partial charge in [-0.1, -0.05) is 13.8 Å². The number of anilines is 2. The molecule has 1 aliphatic rings. The number of carbonyl (C=O) groups is 1. The Morgan fingerprint density at radius 2 is 2.11 bits per heavy atom. The zero-order valence-electron chi connectivity index (χ0n) is 11.6. The van der Waals surface area contributed by atoms with Crippen LogP contribution in [0.3, 0.4) is 0 Å². The minimum absolute atomic E-state index is 0.0376. The third kappa shape index (κ3) is 4.21. The first-order chi connectivity index (χ1) is 9.15. The molecular formula is C14H22N4O. The Labute approximate surface area is 114 Å². The van der Waals surface area contributed by atoms with E-state index in [0.29, 0.717) is 12.6 Å². The van der Waals surface area contributed by atoms with Crippen LogP contribution < -0.4 is 15.5 Å². The Kier molecular flexibility index (Phi) is 4.74. The molecule has 0 aromatic carbocycles. The van der Waals surface area contributed by atoms with Gasteiger partial charge in [0.1, 0.15) is 5.82 Å². The van der Waals surface area contributed by atoms with Gasteiger partial charge in [0.15, 0.2) is 0 Å². The Balaban J connectivity index is 1.86. The van der Waals surface area contributed by atoms with Gasteiger partial charge in [-0.2, -0.15) is 0 Å². The van der Waals surface area contributed by atoms with Gasteiger partial charge < -0.3 is 15.5 Å². The largest absolute Gasteiger partial charge is 0.357 e. The van der Waals surface area contributed by atoms with Crippen LogP contribution >= 0.6 is 0 Å². The number of hydrogen-bond donors (Lipinski definition) is 2. The summed E-state index contributed by atoms with van der Waals surface area (Å²) in [5.74, 6) is 0.959. The molecule has 1 fully saturated rings. The van der Waals surface area contributed by atoms with Gasteiger partial charge in [0.25, 0.3) is 0 Å². The minimum atomic E-state index is -0.0376. The number of rotatable bonds is 5. The predicted octanol–water partition coefficient (Wildman–Crippen LogP) is 1.62. The lowest BCUT2D eigenvalue weighted by molar-refractivity contribution is -0.115. The summed E-state index contributed by atoms with van der Waals surface area (Å²) in [7, 11) is 0. The molecule has 1 aliphatic heterocycles. The lowest BCUT2D eigenvalue weighted by Crippen LogP contribution is -2.32. The average molecular weight is 262 g/mol. The fraction of sp³-hybridized carbons (Fsp3) is 0.571. The van der Waals surface area contributed by atoms with E-state index in [1.807, 2.05) is 26.0 Å². The van der Waals surface area contributed by atoms with Crippen molar-refractivity contribution < 1.29 is 4.79 Å². The molecule has 2 heterocycles. The van der Waals surface area contributed by atoms with E-state index in [1.165, 1.54) is 12.8 Å².